The van der Waals surface area contributed by atoms with Gasteiger partial charge in [-0.25, -0.2) is 15.0 Å². The highest BCUT2D eigenvalue weighted by molar-refractivity contribution is 7.13. The Labute approximate surface area is 322 Å². The van der Waals surface area contributed by atoms with Gasteiger partial charge in [0.15, 0.2) is 10.9 Å². The number of rotatable bonds is 17. The smallest absolute Gasteiger partial charge is 0.321 e. The van der Waals surface area contributed by atoms with Crippen molar-refractivity contribution >= 4 is 45.9 Å². The number of carbonyl (C=O) groups is 5. The van der Waals surface area contributed by atoms with E-state index < -0.39 is 53.2 Å². The summed E-state index contributed by atoms with van der Waals surface area (Å²) in [6.45, 7) is 9.22. The van der Waals surface area contributed by atoms with Crippen molar-refractivity contribution in [3.05, 3.63) is 53.1 Å². The number of allylic oxidation sites excluding steroid dienone is 2. The van der Waals surface area contributed by atoms with Crippen LogP contribution in [0.5, 0.6) is 0 Å². The predicted molar refractivity (Wildman–Crippen MR) is 207 cm³/mol. The van der Waals surface area contributed by atoms with E-state index in [0.717, 1.165) is 12.8 Å². The summed E-state index contributed by atoms with van der Waals surface area (Å²) in [4.78, 5) is 78.6. The van der Waals surface area contributed by atoms with Crippen LogP contribution in [0, 0.1) is 17.8 Å². The molecule has 0 aromatic carbocycles. The number of nitrogens with two attached hydrogens (primary N) is 2. The number of hydrogen-bond donors (Lipinski definition) is 5. The maximum atomic E-state index is 14.2. The molecule has 1 fully saturated rings. The fraction of sp³-hybridized carbons (Fsp3) is 0.615. The summed E-state index contributed by atoms with van der Waals surface area (Å²) in [5, 5.41) is 6.28. The lowest BCUT2D eigenvalue weighted by Crippen LogP contribution is -2.57. The SMILES string of the molecule is CC(C)C[C@@H](c1csc(N)n1)N(NC(=O)C(Cc1cnc[nH]1)NC(=O)C(N)CC1=CC(=O)C(C(=O)OC(C)(C)C)C=C1)C(=O)CCCCC1CCCCC1. The molecule has 2 aromatic heterocycles. The first-order valence-corrected chi connectivity index (χ1v) is 20.0. The Balaban J connectivity index is 1.48. The van der Waals surface area contributed by atoms with E-state index in [1.807, 2.05) is 13.8 Å². The van der Waals surface area contributed by atoms with Gasteiger partial charge in [-0.2, -0.15) is 0 Å². The van der Waals surface area contributed by atoms with Crippen molar-refractivity contribution in [1.29, 1.82) is 0 Å². The van der Waals surface area contributed by atoms with E-state index in [-0.39, 0.29) is 31.1 Å². The van der Waals surface area contributed by atoms with E-state index in [4.69, 9.17) is 16.2 Å². The number of ether oxygens (including phenoxy) is 1. The zero-order valence-electron chi connectivity index (χ0n) is 32.3. The molecule has 0 aliphatic heterocycles. The van der Waals surface area contributed by atoms with Crippen LogP contribution in [-0.4, -0.2) is 67.1 Å². The third kappa shape index (κ3) is 13.2. The van der Waals surface area contributed by atoms with E-state index in [0.29, 0.717) is 40.9 Å². The summed E-state index contributed by atoms with van der Waals surface area (Å²) < 4.78 is 5.35. The van der Waals surface area contributed by atoms with Gasteiger partial charge in [0.1, 0.15) is 17.6 Å². The maximum absolute atomic E-state index is 14.2. The fourth-order valence-corrected chi connectivity index (χ4v) is 7.46. The summed E-state index contributed by atoms with van der Waals surface area (Å²) >= 11 is 1.26. The number of hydrazine groups is 1. The van der Waals surface area contributed by atoms with Crippen molar-refractivity contribution in [2.75, 3.05) is 5.73 Å². The predicted octanol–water partition coefficient (Wildman–Crippen LogP) is 5.00. The molecular formula is C39H58N8O6S. The number of thiazole rings is 1. The molecule has 3 amide bonds. The number of nitrogens with one attached hydrogen (secondary N) is 3. The summed E-state index contributed by atoms with van der Waals surface area (Å²) in [6.07, 6.45) is 17.1. The van der Waals surface area contributed by atoms with Gasteiger partial charge in [0.05, 0.1) is 24.1 Å². The highest BCUT2D eigenvalue weighted by Gasteiger charge is 2.34. The highest BCUT2D eigenvalue weighted by Crippen LogP contribution is 2.31. The fourth-order valence-electron chi connectivity index (χ4n) is 6.85. The van der Waals surface area contributed by atoms with Gasteiger partial charge in [0, 0.05) is 30.1 Å². The van der Waals surface area contributed by atoms with Gasteiger partial charge in [-0.15, -0.1) is 11.3 Å². The number of hydrogen-bond acceptors (Lipinski definition) is 11. The second kappa shape index (κ2) is 19.8. The van der Waals surface area contributed by atoms with E-state index in [1.54, 1.807) is 38.4 Å². The molecule has 2 aromatic rings. The van der Waals surface area contributed by atoms with Crippen LogP contribution in [-0.2, 0) is 35.1 Å². The summed E-state index contributed by atoms with van der Waals surface area (Å²) in [7, 11) is 0. The molecule has 2 heterocycles. The monoisotopic (exact) mass is 766 g/mol. The third-order valence-corrected chi connectivity index (χ3v) is 10.3. The molecule has 0 spiro atoms. The normalized spacial score (nSPS) is 18.1. The molecule has 7 N–H and O–H groups in total. The number of H-pyrrole nitrogens is 1. The second-order valence-corrected chi connectivity index (χ2v) is 16.8. The van der Waals surface area contributed by atoms with Crippen LogP contribution in [0.25, 0.3) is 0 Å². The summed E-state index contributed by atoms with van der Waals surface area (Å²) in [6, 6.07) is -2.89. The van der Waals surface area contributed by atoms with E-state index in [2.05, 4.69) is 25.7 Å². The van der Waals surface area contributed by atoms with E-state index in [1.165, 1.54) is 66.9 Å². The molecule has 4 atom stereocenters. The first-order valence-electron chi connectivity index (χ1n) is 19.1. The second-order valence-electron chi connectivity index (χ2n) is 15.9. The number of unbranched alkanes of at least 4 members (excludes halogenated alkanes) is 1. The molecule has 4 rings (SSSR count). The quantitative estimate of drug-likeness (QED) is 0.0628. The van der Waals surface area contributed by atoms with Gasteiger partial charge in [-0.1, -0.05) is 70.9 Å². The largest absolute Gasteiger partial charge is 0.459 e. The molecule has 3 unspecified atom stereocenters. The van der Waals surface area contributed by atoms with Crippen molar-refractivity contribution < 1.29 is 28.7 Å². The third-order valence-electron chi connectivity index (χ3n) is 9.57. The number of aromatic nitrogens is 3. The number of anilines is 1. The molecular weight excluding hydrogens is 709 g/mol. The van der Waals surface area contributed by atoms with Crippen LogP contribution in [0.15, 0.2) is 41.7 Å². The van der Waals surface area contributed by atoms with Crippen molar-refractivity contribution in [3.63, 3.8) is 0 Å². The molecule has 0 saturated heterocycles. The standard InChI is InChI=1S/C39H58N8O6S/c1-24(2)17-32(31-22-54-38(41)45-31)47(34(49)14-10-9-13-25-11-7-6-8-12-25)46-36(51)30(20-27-21-42-23-43-27)44-35(50)29(40)18-26-15-16-28(33(48)19-26)37(52)53-39(3,4)5/h15-16,19,21-25,28-30,32H,6-14,17-18,20,40H2,1-5H3,(H2,41,45)(H,42,43)(H,44,50)(H,46,51)/t28?,29?,30?,32-/m0/s1. The molecule has 14 nitrogen and oxygen atoms in total. The number of carbonyl (C=O) groups excluding carboxylic acids is 5. The lowest BCUT2D eigenvalue weighted by molar-refractivity contribution is -0.159. The van der Waals surface area contributed by atoms with Crippen molar-refractivity contribution in [3.8, 4) is 0 Å². The number of aromatic amines is 1. The minimum absolute atomic E-state index is 0.0271. The number of nitrogen functional groups attached to an aromatic ring is 1. The number of nitrogens with zero attached hydrogens (tertiary/aromatic N) is 3. The van der Waals surface area contributed by atoms with Crippen LogP contribution in [0.4, 0.5) is 5.13 Å². The van der Waals surface area contributed by atoms with Crippen LogP contribution in [0.1, 0.15) is 123 Å². The van der Waals surface area contributed by atoms with Gasteiger partial charge in [-0.3, -0.25) is 29.4 Å². The average Bonchev–Trinajstić information content (AvgIpc) is 3.79. The Kier molecular flexibility index (Phi) is 15.5. The lowest BCUT2D eigenvalue weighted by atomic mass is 9.85. The van der Waals surface area contributed by atoms with Gasteiger partial charge in [0.2, 0.25) is 11.8 Å². The van der Waals surface area contributed by atoms with Crippen molar-refractivity contribution in [2.45, 2.75) is 135 Å². The van der Waals surface area contributed by atoms with Gasteiger partial charge in [0.25, 0.3) is 5.91 Å². The molecule has 1 saturated carbocycles. The minimum Gasteiger partial charge on any atom is -0.459 e. The van der Waals surface area contributed by atoms with Crippen molar-refractivity contribution in [1.82, 2.24) is 30.7 Å². The van der Waals surface area contributed by atoms with E-state index >= 15 is 0 Å². The zero-order chi connectivity index (χ0) is 39.4. The Morgan fingerprint density at radius 2 is 1.83 bits per heavy atom. The Morgan fingerprint density at radius 3 is 2.44 bits per heavy atom. The molecule has 0 bridgehead atoms. The number of imidazole rings is 1. The van der Waals surface area contributed by atoms with Crippen LogP contribution >= 0.6 is 11.3 Å². The Hall–Kier alpha value is -4.37. The molecule has 2 aliphatic rings. The number of ketones is 1. The van der Waals surface area contributed by atoms with Crippen molar-refractivity contribution in [2.24, 2.45) is 23.5 Å². The average molecular weight is 767 g/mol. The van der Waals surface area contributed by atoms with Gasteiger partial charge < -0.3 is 26.5 Å². The Bertz CT molecular complexity index is 1640. The minimum atomic E-state index is -1.15. The summed E-state index contributed by atoms with van der Waals surface area (Å²) in [5.74, 6) is -2.88. The molecule has 296 valence electrons. The van der Waals surface area contributed by atoms with Crippen LogP contribution < -0.4 is 22.2 Å². The lowest BCUT2D eigenvalue weighted by Gasteiger charge is -2.33. The molecule has 54 heavy (non-hydrogen) atoms. The first-order chi connectivity index (χ1) is 25.6. The number of amides is 3. The Morgan fingerprint density at radius 1 is 1.09 bits per heavy atom. The highest BCUT2D eigenvalue weighted by atomic mass is 32.1. The summed E-state index contributed by atoms with van der Waals surface area (Å²) in [5.41, 5.74) is 16.1. The van der Waals surface area contributed by atoms with Gasteiger partial charge in [-0.05, 0) is 63.5 Å². The molecule has 15 heteroatoms. The van der Waals surface area contributed by atoms with Crippen LogP contribution in [0.3, 0.4) is 0 Å². The van der Waals surface area contributed by atoms with Gasteiger partial charge >= 0.3 is 5.97 Å². The van der Waals surface area contributed by atoms with E-state index in [9.17, 15) is 24.0 Å². The molecule has 2 aliphatic carbocycles. The number of esters is 1. The van der Waals surface area contributed by atoms with Crippen LogP contribution in [0.2, 0.25) is 0 Å². The maximum Gasteiger partial charge on any atom is 0.321 e. The topological polar surface area (TPSA) is 215 Å². The zero-order valence-corrected chi connectivity index (χ0v) is 33.1. The first kappa shape index (κ1) is 42.4. The molecule has 0 radical (unpaired) electrons.